The lowest BCUT2D eigenvalue weighted by atomic mass is 9.60. The molecule has 3 aromatic carbocycles. The summed E-state index contributed by atoms with van der Waals surface area (Å²) >= 11 is 0. The molecule has 218 valence electrons. The Morgan fingerprint density at radius 1 is 0.857 bits per heavy atom. The van der Waals surface area contributed by atoms with Gasteiger partial charge in [0.25, 0.3) is 0 Å². The number of anilines is 1. The lowest BCUT2D eigenvalue weighted by Gasteiger charge is -2.47. The van der Waals surface area contributed by atoms with E-state index in [9.17, 15) is 14.3 Å². The highest BCUT2D eigenvalue weighted by atomic mass is 32.2. The molecule has 6 rings (SSSR count). The molecule has 2 heterocycles. The molecule has 0 radical (unpaired) electrons. The SMILES string of the molecule is N#CC(c1ccccc1)(C1CCCC1)C1CCN(CC2CN(c3ccc(S(=O)c4ccc(C(=O)O)cc4)cc3)C2)CC1. The van der Waals surface area contributed by atoms with Gasteiger partial charge in [0, 0.05) is 41.0 Å². The quantitative estimate of drug-likeness (QED) is 0.317. The molecule has 2 atom stereocenters. The molecule has 0 bridgehead atoms. The molecule has 1 saturated carbocycles. The number of carbonyl (C=O) groups is 1. The summed E-state index contributed by atoms with van der Waals surface area (Å²) in [5, 5.41) is 19.8. The summed E-state index contributed by atoms with van der Waals surface area (Å²) < 4.78 is 13.0. The van der Waals surface area contributed by atoms with Gasteiger partial charge >= 0.3 is 5.97 Å². The van der Waals surface area contributed by atoms with Crippen LogP contribution in [0, 0.1) is 29.1 Å². The summed E-state index contributed by atoms with van der Waals surface area (Å²) in [6.45, 7) is 5.28. The van der Waals surface area contributed by atoms with E-state index in [-0.39, 0.29) is 11.0 Å². The number of rotatable bonds is 9. The van der Waals surface area contributed by atoms with E-state index in [0.717, 1.165) is 51.3 Å². The first-order valence-corrected chi connectivity index (χ1v) is 16.4. The summed E-state index contributed by atoms with van der Waals surface area (Å²) in [5.41, 5.74) is 2.22. The molecule has 1 N–H and O–H groups in total. The van der Waals surface area contributed by atoms with Crippen LogP contribution in [0.15, 0.2) is 88.7 Å². The summed E-state index contributed by atoms with van der Waals surface area (Å²) in [5.74, 6) is 0.537. The highest BCUT2D eigenvalue weighted by Crippen LogP contribution is 2.50. The van der Waals surface area contributed by atoms with E-state index >= 15 is 0 Å². The van der Waals surface area contributed by atoms with E-state index < -0.39 is 16.8 Å². The number of likely N-dealkylation sites (tertiary alicyclic amines) is 1. The van der Waals surface area contributed by atoms with Crippen molar-refractivity contribution < 1.29 is 14.1 Å². The maximum absolute atomic E-state index is 13.0. The molecule has 2 saturated heterocycles. The van der Waals surface area contributed by atoms with Gasteiger partial charge < -0.3 is 14.9 Å². The van der Waals surface area contributed by atoms with Crippen LogP contribution in [0.25, 0.3) is 0 Å². The molecule has 0 aromatic heterocycles. The molecule has 42 heavy (non-hydrogen) atoms. The van der Waals surface area contributed by atoms with Gasteiger partial charge in [-0.2, -0.15) is 5.26 Å². The number of benzene rings is 3. The van der Waals surface area contributed by atoms with E-state index in [1.807, 2.05) is 24.3 Å². The molecule has 1 aliphatic carbocycles. The highest BCUT2D eigenvalue weighted by Gasteiger charge is 2.48. The minimum Gasteiger partial charge on any atom is -0.478 e. The number of carboxylic acids is 1. The third kappa shape index (κ3) is 5.63. The summed E-state index contributed by atoms with van der Waals surface area (Å²) in [7, 11) is -1.35. The fourth-order valence-corrected chi connectivity index (χ4v) is 8.66. The lowest BCUT2D eigenvalue weighted by molar-refractivity contribution is 0.0696. The van der Waals surface area contributed by atoms with Crippen molar-refractivity contribution in [1.29, 1.82) is 5.26 Å². The Hall–Kier alpha value is -3.47. The van der Waals surface area contributed by atoms with Crippen LogP contribution in [0.3, 0.4) is 0 Å². The minimum atomic E-state index is -1.35. The zero-order valence-electron chi connectivity index (χ0n) is 24.0. The summed E-state index contributed by atoms with van der Waals surface area (Å²) in [6, 6.07) is 27.7. The molecule has 6 nitrogen and oxygen atoms in total. The fraction of sp³-hybridized carbons (Fsp3) is 0.429. The van der Waals surface area contributed by atoms with E-state index in [1.54, 1.807) is 12.1 Å². The van der Waals surface area contributed by atoms with Gasteiger partial charge in [0.05, 0.1) is 27.8 Å². The molecular formula is C35H39N3O3S. The number of nitrogens with zero attached hydrogens (tertiary/aromatic N) is 3. The molecular weight excluding hydrogens is 542 g/mol. The topological polar surface area (TPSA) is 84.6 Å². The molecule has 3 fully saturated rings. The predicted octanol–water partition coefficient (Wildman–Crippen LogP) is 6.35. The predicted molar refractivity (Wildman–Crippen MR) is 165 cm³/mol. The van der Waals surface area contributed by atoms with Gasteiger partial charge in [0.1, 0.15) is 0 Å². The Morgan fingerprint density at radius 3 is 2.00 bits per heavy atom. The standard InChI is InChI=1S/C35H39N3O3S/c36-25-35(29-8-4-5-9-29,28-6-2-1-3-7-28)30-18-20-37(21-19-30)22-26-23-38(24-26)31-12-16-33(17-13-31)42(41)32-14-10-27(11-15-32)34(39)40/h1-3,6-7,10-17,26,29-30H,4-5,8-9,18-24H2,(H,39,40). The van der Waals surface area contributed by atoms with Crippen LogP contribution in [0.1, 0.15) is 54.4 Å². The zero-order chi connectivity index (χ0) is 29.1. The number of carboxylic acid groups (broad SMARTS) is 1. The van der Waals surface area contributed by atoms with Gasteiger partial charge in [-0.25, -0.2) is 9.00 Å². The van der Waals surface area contributed by atoms with E-state index in [2.05, 4.69) is 46.2 Å². The van der Waals surface area contributed by atoms with Crippen LogP contribution in [0.4, 0.5) is 5.69 Å². The average molecular weight is 582 g/mol. The van der Waals surface area contributed by atoms with Crippen molar-refractivity contribution in [2.45, 2.75) is 53.7 Å². The second-order valence-electron chi connectivity index (χ2n) is 12.3. The van der Waals surface area contributed by atoms with Crippen LogP contribution in [0.2, 0.25) is 0 Å². The number of aromatic carboxylic acids is 1. The first-order valence-electron chi connectivity index (χ1n) is 15.3. The van der Waals surface area contributed by atoms with E-state index in [1.165, 1.54) is 43.4 Å². The van der Waals surface area contributed by atoms with E-state index in [0.29, 0.717) is 27.5 Å². The number of nitriles is 1. The van der Waals surface area contributed by atoms with Gasteiger partial charge in [0.15, 0.2) is 0 Å². The molecule has 2 aliphatic heterocycles. The normalized spacial score (nSPS) is 20.9. The Morgan fingerprint density at radius 2 is 1.43 bits per heavy atom. The third-order valence-corrected chi connectivity index (χ3v) is 11.3. The Bertz CT molecular complexity index is 1430. The number of piperidine rings is 1. The van der Waals surface area contributed by atoms with Crippen LogP contribution >= 0.6 is 0 Å². The van der Waals surface area contributed by atoms with Gasteiger partial charge in [-0.1, -0.05) is 43.2 Å². The third-order valence-electron chi connectivity index (χ3n) is 9.87. The van der Waals surface area contributed by atoms with Crippen molar-refractivity contribution in [3.63, 3.8) is 0 Å². The van der Waals surface area contributed by atoms with Crippen molar-refractivity contribution in [3.05, 3.63) is 90.0 Å². The zero-order valence-corrected chi connectivity index (χ0v) is 24.8. The molecule has 2 unspecified atom stereocenters. The van der Waals surface area contributed by atoms with Crippen LogP contribution in [-0.4, -0.2) is 52.9 Å². The molecule has 0 spiro atoms. The lowest BCUT2D eigenvalue weighted by Crippen LogP contribution is -2.53. The minimum absolute atomic E-state index is 0.189. The molecule has 0 amide bonds. The van der Waals surface area contributed by atoms with Crippen LogP contribution < -0.4 is 4.90 Å². The highest BCUT2D eigenvalue weighted by molar-refractivity contribution is 7.85. The van der Waals surface area contributed by atoms with Crippen molar-refractivity contribution in [2.24, 2.45) is 17.8 Å². The summed E-state index contributed by atoms with van der Waals surface area (Å²) in [4.78, 5) is 17.4. The number of hydrogen-bond acceptors (Lipinski definition) is 5. The maximum Gasteiger partial charge on any atom is 0.335 e. The van der Waals surface area contributed by atoms with Crippen molar-refractivity contribution >= 4 is 22.5 Å². The Kier molecular flexibility index (Phi) is 8.46. The van der Waals surface area contributed by atoms with Crippen molar-refractivity contribution in [2.75, 3.05) is 37.6 Å². The first kappa shape index (κ1) is 28.6. The van der Waals surface area contributed by atoms with Crippen LogP contribution in [-0.2, 0) is 16.2 Å². The average Bonchev–Trinajstić information content (AvgIpc) is 3.56. The second-order valence-corrected chi connectivity index (χ2v) is 13.7. The smallest absolute Gasteiger partial charge is 0.335 e. The van der Waals surface area contributed by atoms with E-state index in [4.69, 9.17) is 5.11 Å². The maximum atomic E-state index is 13.0. The van der Waals surface area contributed by atoms with Crippen LogP contribution in [0.5, 0.6) is 0 Å². The molecule has 3 aromatic rings. The van der Waals surface area contributed by atoms with Gasteiger partial charge in [0.2, 0.25) is 0 Å². The molecule has 3 aliphatic rings. The largest absolute Gasteiger partial charge is 0.478 e. The van der Waals surface area contributed by atoms with Gasteiger partial charge in [-0.3, -0.25) is 0 Å². The van der Waals surface area contributed by atoms with Gasteiger partial charge in [-0.05, 0) is 105 Å². The van der Waals surface area contributed by atoms with Gasteiger partial charge in [-0.15, -0.1) is 0 Å². The summed E-state index contributed by atoms with van der Waals surface area (Å²) in [6.07, 6.45) is 7.04. The monoisotopic (exact) mass is 581 g/mol. The fourth-order valence-electron chi connectivity index (χ4n) is 7.62. The van der Waals surface area contributed by atoms with Crippen molar-refractivity contribution in [3.8, 4) is 6.07 Å². The van der Waals surface area contributed by atoms with Crippen molar-refractivity contribution in [1.82, 2.24) is 4.90 Å². The second kappa shape index (κ2) is 12.4. The Labute approximate surface area is 251 Å². The Balaban J connectivity index is 1.01. The molecule has 7 heteroatoms. The number of hydrogen-bond donors (Lipinski definition) is 1. The first-order chi connectivity index (χ1) is 20.5.